The minimum absolute atomic E-state index is 0. The fourth-order valence-electron chi connectivity index (χ4n) is 9.06. The first kappa shape index (κ1) is 40.1. The molecule has 5 nitrogen and oxygen atoms in total. The molecule has 61 heavy (non-hydrogen) atoms. The smallest absolute Gasteiger partial charge is 0.315 e. The molecule has 0 fully saturated rings. The molecule has 300 valence electrons. The molecule has 0 saturated carbocycles. The van der Waals surface area contributed by atoms with E-state index in [1.54, 1.807) is 0 Å². The van der Waals surface area contributed by atoms with Gasteiger partial charge < -0.3 is 9.13 Å². The van der Waals surface area contributed by atoms with E-state index >= 15 is 0 Å². The average molecular weight is 987 g/mol. The summed E-state index contributed by atoms with van der Waals surface area (Å²) in [6.45, 7) is 9.05. The molecule has 0 radical (unpaired) electrons. The fourth-order valence-corrected chi connectivity index (χ4v) is 13.5. The van der Waals surface area contributed by atoms with Gasteiger partial charge in [0.15, 0.2) is 8.07 Å². The van der Waals surface area contributed by atoms with Crippen molar-refractivity contribution in [1.82, 2.24) is 23.7 Å². The Bertz CT molecular complexity index is 2990. The summed E-state index contributed by atoms with van der Waals surface area (Å²) in [4.78, 5) is 10.9. The van der Waals surface area contributed by atoms with Crippen LogP contribution >= 0.6 is 0 Å². The Morgan fingerprint density at radius 3 is 1.87 bits per heavy atom. The number of nitrogens with zero attached hydrogens (tertiary/aromatic N) is 5. The van der Waals surface area contributed by atoms with E-state index in [9.17, 15) is 0 Å². The molecule has 7 aromatic carbocycles. The second kappa shape index (κ2) is 16.6. The third kappa shape index (κ3) is 6.84. The van der Waals surface area contributed by atoms with Crippen LogP contribution < -0.4 is 20.9 Å². The van der Waals surface area contributed by atoms with Gasteiger partial charge in [-0.1, -0.05) is 148 Å². The summed E-state index contributed by atoms with van der Waals surface area (Å²) in [5, 5.41) is 6.87. The van der Waals surface area contributed by atoms with Gasteiger partial charge in [0.2, 0.25) is 5.95 Å². The Morgan fingerprint density at radius 1 is 0.590 bits per heavy atom. The van der Waals surface area contributed by atoms with Crippen molar-refractivity contribution in [3.05, 3.63) is 212 Å². The normalized spacial score (nSPS) is 11.8. The molecule has 10 rings (SSSR count). The van der Waals surface area contributed by atoms with Gasteiger partial charge in [0.1, 0.15) is 0 Å². The third-order valence-corrected chi connectivity index (χ3v) is 16.4. The van der Waals surface area contributed by atoms with Gasteiger partial charge in [-0.2, -0.15) is 24.3 Å². The minimum atomic E-state index is -3.21. The van der Waals surface area contributed by atoms with Crippen LogP contribution in [0.25, 0.3) is 50.4 Å². The molecule has 0 N–H and O–H groups in total. The van der Waals surface area contributed by atoms with Crippen molar-refractivity contribution in [2.24, 2.45) is 0 Å². The first-order chi connectivity index (χ1) is 29.4. The second-order valence-corrected chi connectivity index (χ2v) is 19.8. The van der Waals surface area contributed by atoms with Crippen LogP contribution in [0.1, 0.15) is 50.7 Å². The quantitative estimate of drug-likeness (QED) is 0.0779. The standard InChI is InChI=1S/C54H45N5Si.Pt/c1-38(2)45-30-19-31-46(39(3)4)53(45)57-35-49(55-37-57)40-20-18-27-44(34-40)60(42-23-10-6-11-24-42,43-25-12-7-13-26-43)52-36-58(41-21-8-5-9-22-41)54(56-52)59-50-32-16-14-28-47(50)48-29-15-17-33-51(48)59;/h5-32,35-39H,1-4H3;/q-2;+2. The van der Waals surface area contributed by atoms with Gasteiger partial charge in [-0.15, -0.1) is 40.4 Å². The topological polar surface area (TPSA) is 40.6 Å². The Balaban J connectivity index is 0.00000476. The van der Waals surface area contributed by atoms with Crippen molar-refractivity contribution in [2.45, 2.75) is 39.5 Å². The van der Waals surface area contributed by atoms with Crippen molar-refractivity contribution < 1.29 is 21.1 Å². The zero-order chi connectivity index (χ0) is 40.8. The molecule has 7 heteroatoms. The minimum Gasteiger partial charge on any atom is -0.315 e. The monoisotopic (exact) mass is 986 g/mol. The van der Waals surface area contributed by atoms with Gasteiger partial charge in [-0.25, -0.2) is 4.98 Å². The van der Waals surface area contributed by atoms with Crippen LogP contribution in [-0.4, -0.2) is 31.7 Å². The first-order valence-corrected chi connectivity index (χ1v) is 22.8. The van der Waals surface area contributed by atoms with Crippen LogP contribution in [0.4, 0.5) is 0 Å². The molecule has 0 aliphatic carbocycles. The van der Waals surface area contributed by atoms with E-state index in [1.807, 2.05) is 12.4 Å². The maximum absolute atomic E-state index is 5.86. The molecular weight excluding hydrogens is 942 g/mol. The Kier molecular flexibility index (Phi) is 10.9. The van der Waals surface area contributed by atoms with Gasteiger partial charge >= 0.3 is 21.1 Å². The molecule has 0 amide bonds. The van der Waals surface area contributed by atoms with Crippen LogP contribution in [0.2, 0.25) is 0 Å². The fraction of sp³-hybridized carbons (Fsp3) is 0.111. The number of para-hydroxylation sites is 4. The molecular formula is C54H45N5PtSi. The van der Waals surface area contributed by atoms with Crippen LogP contribution in [0.15, 0.2) is 189 Å². The Labute approximate surface area is 373 Å². The number of hydrogen-bond donors (Lipinski definition) is 0. The van der Waals surface area contributed by atoms with E-state index in [-0.39, 0.29) is 21.1 Å². The first-order valence-electron chi connectivity index (χ1n) is 20.8. The summed E-state index contributed by atoms with van der Waals surface area (Å²) in [6, 6.07) is 68.2. The summed E-state index contributed by atoms with van der Waals surface area (Å²) in [7, 11) is -3.21. The van der Waals surface area contributed by atoms with E-state index in [0.29, 0.717) is 11.8 Å². The number of fused-ring (bicyclic) bond motifs is 3. The molecule has 0 unspecified atom stereocenters. The summed E-state index contributed by atoms with van der Waals surface area (Å²) >= 11 is 0. The van der Waals surface area contributed by atoms with Gasteiger partial charge in [0.05, 0.1) is 17.3 Å². The Morgan fingerprint density at radius 2 is 1.20 bits per heavy atom. The van der Waals surface area contributed by atoms with Gasteiger partial charge in [0, 0.05) is 23.1 Å². The SMILES string of the molecule is CC(C)c1cccc(C(C)C)c1-n1cnc(-c2[c-]c([Si](c3ccccc3)(c3ccccc3)c3cn(-c4ccccc4)c(-n4c5[c-]cccc5c5ccccc54)n3)ccc2)c1.[Pt+2]. The Hall–Kier alpha value is -6.33. The zero-order valence-corrected chi connectivity index (χ0v) is 37.9. The van der Waals surface area contributed by atoms with Gasteiger partial charge in [0.25, 0.3) is 0 Å². The van der Waals surface area contributed by atoms with Crippen LogP contribution in [-0.2, 0) is 21.1 Å². The molecule has 0 aliphatic rings. The van der Waals surface area contributed by atoms with E-state index in [0.717, 1.165) is 49.8 Å². The predicted octanol–water partition coefficient (Wildman–Crippen LogP) is 10.0. The maximum atomic E-state index is 5.86. The largest absolute Gasteiger partial charge is 2.00 e. The molecule has 0 bridgehead atoms. The number of benzene rings is 7. The molecule has 0 aliphatic heterocycles. The van der Waals surface area contributed by atoms with E-state index in [4.69, 9.17) is 9.97 Å². The number of imidazole rings is 2. The molecule has 0 spiro atoms. The molecule has 0 saturated heterocycles. The summed E-state index contributed by atoms with van der Waals surface area (Å²) in [5.41, 5.74) is 8.77. The summed E-state index contributed by atoms with van der Waals surface area (Å²) in [6.07, 6.45) is 6.43. The van der Waals surface area contributed by atoms with E-state index in [1.165, 1.54) is 32.6 Å². The van der Waals surface area contributed by atoms with E-state index in [2.05, 4.69) is 230 Å². The van der Waals surface area contributed by atoms with Crippen molar-refractivity contribution in [2.75, 3.05) is 0 Å². The molecule has 0 atom stereocenters. The van der Waals surface area contributed by atoms with E-state index < -0.39 is 8.07 Å². The van der Waals surface area contributed by atoms with Crippen LogP contribution in [0.3, 0.4) is 0 Å². The number of rotatable bonds is 10. The molecule has 10 aromatic rings. The number of aromatic nitrogens is 5. The summed E-state index contributed by atoms with van der Waals surface area (Å²) < 4.78 is 6.76. The van der Waals surface area contributed by atoms with Crippen LogP contribution in [0, 0.1) is 12.1 Å². The van der Waals surface area contributed by atoms with Crippen molar-refractivity contribution in [3.8, 4) is 28.6 Å². The van der Waals surface area contributed by atoms with Gasteiger partial charge in [-0.05, 0) is 63.1 Å². The number of hydrogen-bond acceptors (Lipinski definition) is 2. The molecule has 3 aromatic heterocycles. The predicted molar refractivity (Wildman–Crippen MR) is 250 cm³/mol. The van der Waals surface area contributed by atoms with Crippen molar-refractivity contribution in [1.29, 1.82) is 0 Å². The average Bonchev–Trinajstić information content (AvgIpc) is 4.05. The van der Waals surface area contributed by atoms with Crippen molar-refractivity contribution >= 4 is 50.8 Å². The van der Waals surface area contributed by atoms with Gasteiger partial charge in [-0.3, -0.25) is 9.55 Å². The second-order valence-electron chi connectivity index (χ2n) is 16.1. The van der Waals surface area contributed by atoms with Crippen molar-refractivity contribution in [3.63, 3.8) is 0 Å². The maximum Gasteiger partial charge on any atom is 2.00 e. The zero-order valence-electron chi connectivity index (χ0n) is 34.6. The van der Waals surface area contributed by atoms with Crippen LogP contribution in [0.5, 0.6) is 0 Å². The third-order valence-electron chi connectivity index (χ3n) is 11.9. The summed E-state index contributed by atoms with van der Waals surface area (Å²) in [5.74, 6) is 1.54. The molecule has 3 heterocycles.